The second kappa shape index (κ2) is 5.17. The van der Waals surface area contributed by atoms with Crippen LogP contribution in [0.3, 0.4) is 0 Å². The second-order valence-corrected chi connectivity index (χ2v) is 7.80. The number of sulfone groups is 1. The summed E-state index contributed by atoms with van der Waals surface area (Å²) >= 11 is 0. The van der Waals surface area contributed by atoms with Gasteiger partial charge in [0.1, 0.15) is 9.84 Å². The van der Waals surface area contributed by atoms with E-state index in [2.05, 4.69) is 4.90 Å². The van der Waals surface area contributed by atoms with E-state index in [0.717, 1.165) is 25.9 Å². The maximum absolute atomic E-state index is 11.5. The first-order valence-corrected chi connectivity index (χ1v) is 8.43. The van der Waals surface area contributed by atoms with Gasteiger partial charge in [-0.1, -0.05) is 6.42 Å². The summed E-state index contributed by atoms with van der Waals surface area (Å²) in [6.45, 7) is 1.82. The van der Waals surface area contributed by atoms with Crippen LogP contribution in [0.4, 0.5) is 0 Å². The summed E-state index contributed by atoms with van der Waals surface area (Å²) in [5, 5.41) is 9.12. The summed E-state index contributed by atoms with van der Waals surface area (Å²) in [5.41, 5.74) is -0.419. The Morgan fingerprint density at radius 1 is 1.11 bits per heavy atom. The van der Waals surface area contributed by atoms with Crippen molar-refractivity contribution < 1.29 is 18.3 Å². The molecule has 2 heterocycles. The number of rotatable bonds is 3. The average molecular weight is 275 g/mol. The number of carboxylic acid groups (broad SMARTS) is 1. The van der Waals surface area contributed by atoms with Gasteiger partial charge in [0.15, 0.2) is 0 Å². The van der Waals surface area contributed by atoms with E-state index in [1.54, 1.807) is 0 Å². The second-order valence-electron chi connectivity index (χ2n) is 5.49. The van der Waals surface area contributed by atoms with Crippen molar-refractivity contribution in [3.63, 3.8) is 0 Å². The quantitative estimate of drug-likeness (QED) is 0.828. The van der Waals surface area contributed by atoms with E-state index >= 15 is 0 Å². The molecule has 2 aliphatic rings. The van der Waals surface area contributed by atoms with Gasteiger partial charge in [0.05, 0.1) is 17.9 Å². The van der Waals surface area contributed by atoms with Crippen LogP contribution in [0, 0.1) is 0 Å². The zero-order chi connectivity index (χ0) is 13.2. The third-order valence-corrected chi connectivity index (χ3v) is 5.92. The van der Waals surface area contributed by atoms with Crippen molar-refractivity contribution >= 4 is 15.8 Å². The highest BCUT2D eigenvalue weighted by molar-refractivity contribution is 7.91. The summed E-state index contributed by atoms with van der Waals surface area (Å²) in [6, 6.07) is 0. The van der Waals surface area contributed by atoms with Crippen molar-refractivity contribution in [1.82, 2.24) is 4.90 Å². The fourth-order valence-electron chi connectivity index (χ4n) is 3.17. The Bertz CT molecular complexity index is 398. The number of nitrogens with zero attached hydrogens (tertiary/aromatic N) is 1. The predicted molar refractivity (Wildman–Crippen MR) is 68.3 cm³/mol. The highest BCUT2D eigenvalue weighted by Crippen LogP contribution is 2.35. The first-order valence-electron chi connectivity index (χ1n) is 6.61. The van der Waals surface area contributed by atoms with Crippen LogP contribution in [-0.2, 0) is 14.6 Å². The molecule has 2 fully saturated rings. The molecule has 18 heavy (non-hydrogen) atoms. The van der Waals surface area contributed by atoms with Crippen LogP contribution >= 0.6 is 0 Å². The van der Waals surface area contributed by atoms with Crippen LogP contribution in [-0.4, -0.2) is 54.5 Å². The summed E-state index contributed by atoms with van der Waals surface area (Å²) in [4.78, 5) is 13.3. The molecule has 2 saturated heterocycles. The molecular weight excluding hydrogens is 254 g/mol. The van der Waals surface area contributed by atoms with Crippen LogP contribution in [0.25, 0.3) is 0 Å². The Hall–Kier alpha value is -0.620. The van der Waals surface area contributed by atoms with Gasteiger partial charge in [0.25, 0.3) is 0 Å². The van der Waals surface area contributed by atoms with Gasteiger partial charge in [0.2, 0.25) is 0 Å². The third kappa shape index (κ3) is 3.03. The highest BCUT2D eigenvalue weighted by atomic mass is 32.2. The molecule has 5 nitrogen and oxygen atoms in total. The van der Waals surface area contributed by atoms with Gasteiger partial charge in [-0.25, -0.2) is 8.42 Å². The fraction of sp³-hybridized carbons (Fsp3) is 0.917. The van der Waals surface area contributed by atoms with E-state index < -0.39 is 21.3 Å². The van der Waals surface area contributed by atoms with E-state index in [4.69, 9.17) is 5.11 Å². The molecule has 1 N–H and O–H groups in total. The van der Waals surface area contributed by atoms with Crippen LogP contribution in [0.5, 0.6) is 0 Å². The lowest BCUT2D eigenvalue weighted by Gasteiger charge is -2.47. The lowest BCUT2D eigenvalue weighted by atomic mass is 9.85. The summed E-state index contributed by atoms with van der Waals surface area (Å²) in [7, 11) is -2.95. The molecule has 104 valence electrons. The molecule has 0 aromatic heterocycles. The van der Waals surface area contributed by atoms with Crippen LogP contribution in [0.1, 0.15) is 38.5 Å². The molecule has 0 amide bonds. The van der Waals surface area contributed by atoms with Gasteiger partial charge in [-0.15, -0.1) is 0 Å². The molecule has 0 radical (unpaired) electrons. The number of aliphatic carboxylic acids is 1. The Morgan fingerprint density at radius 3 is 2.17 bits per heavy atom. The van der Waals surface area contributed by atoms with Gasteiger partial charge >= 0.3 is 5.97 Å². The molecular formula is C12H21NO4S. The summed E-state index contributed by atoms with van der Waals surface area (Å²) < 4.78 is 23.1. The molecule has 0 aromatic rings. The number of carbonyl (C=O) groups is 1. The molecule has 0 saturated carbocycles. The molecule has 0 atom stereocenters. The Kier molecular flexibility index (Phi) is 3.96. The Balaban J connectivity index is 2.15. The smallest absolute Gasteiger partial charge is 0.305 e. The largest absolute Gasteiger partial charge is 0.481 e. The van der Waals surface area contributed by atoms with Gasteiger partial charge in [-0.05, 0) is 38.8 Å². The maximum Gasteiger partial charge on any atom is 0.305 e. The van der Waals surface area contributed by atoms with Crippen molar-refractivity contribution in [2.24, 2.45) is 0 Å². The highest BCUT2D eigenvalue weighted by Gasteiger charge is 2.43. The Morgan fingerprint density at radius 2 is 1.67 bits per heavy atom. The van der Waals surface area contributed by atoms with Crippen molar-refractivity contribution in [2.75, 3.05) is 24.6 Å². The maximum atomic E-state index is 11.5. The number of hydrogen-bond donors (Lipinski definition) is 1. The van der Waals surface area contributed by atoms with E-state index in [1.807, 2.05) is 0 Å². The summed E-state index contributed by atoms with van der Waals surface area (Å²) in [5.74, 6) is -0.548. The van der Waals surface area contributed by atoms with Crippen LogP contribution < -0.4 is 0 Å². The zero-order valence-corrected chi connectivity index (χ0v) is 11.4. The topological polar surface area (TPSA) is 74.7 Å². The molecule has 0 bridgehead atoms. The molecule has 2 rings (SSSR count). The molecule has 0 aliphatic carbocycles. The SMILES string of the molecule is O=C(O)CC1(N2CCCCC2)CCS(=O)(=O)CC1. The van der Waals surface area contributed by atoms with Gasteiger partial charge in [0, 0.05) is 5.54 Å². The minimum Gasteiger partial charge on any atom is -0.481 e. The van der Waals surface area contributed by atoms with E-state index in [0.29, 0.717) is 12.8 Å². The van der Waals surface area contributed by atoms with Gasteiger partial charge < -0.3 is 5.11 Å². The molecule has 0 spiro atoms. The summed E-state index contributed by atoms with van der Waals surface area (Å²) in [6.07, 6.45) is 4.39. The lowest BCUT2D eigenvalue weighted by Crippen LogP contribution is -2.56. The van der Waals surface area contributed by atoms with Crippen molar-refractivity contribution in [3.05, 3.63) is 0 Å². The third-order valence-electron chi connectivity index (χ3n) is 4.26. The lowest BCUT2D eigenvalue weighted by molar-refractivity contribution is -0.141. The molecule has 0 aromatic carbocycles. The number of piperidine rings is 1. The number of likely N-dealkylation sites (tertiary alicyclic amines) is 1. The predicted octanol–water partition coefficient (Wildman–Crippen LogP) is 0.894. The van der Waals surface area contributed by atoms with Crippen molar-refractivity contribution in [1.29, 1.82) is 0 Å². The van der Waals surface area contributed by atoms with Crippen molar-refractivity contribution in [3.8, 4) is 0 Å². The van der Waals surface area contributed by atoms with E-state index in [-0.39, 0.29) is 17.9 Å². The van der Waals surface area contributed by atoms with Crippen LogP contribution in [0.2, 0.25) is 0 Å². The Labute approximate surface area is 108 Å². The molecule has 2 aliphatic heterocycles. The van der Waals surface area contributed by atoms with E-state index in [9.17, 15) is 13.2 Å². The normalized spacial score (nSPS) is 27.8. The first-order chi connectivity index (χ1) is 8.44. The zero-order valence-electron chi connectivity index (χ0n) is 10.6. The molecule has 6 heteroatoms. The van der Waals surface area contributed by atoms with Gasteiger partial charge in [-0.2, -0.15) is 0 Å². The number of hydrogen-bond acceptors (Lipinski definition) is 4. The minimum absolute atomic E-state index is 0.0719. The standard InChI is InChI=1S/C12H21NO4S/c14-11(15)10-12(13-6-2-1-3-7-13)4-8-18(16,17)9-5-12/h1-10H2,(H,14,15). The number of carboxylic acids is 1. The average Bonchev–Trinajstić information content (AvgIpc) is 2.33. The van der Waals surface area contributed by atoms with Crippen LogP contribution in [0.15, 0.2) is 0 Å². The van der Waals surface area contributed by atoms with Crippen molar-refractivity contribution in [2.45, 2.75) is 44.1 Å². The monoisotopic (exact) mass is 275 g/mol. The van der Waals surface area contributed by atoms with E-state index in [1.165, 1.54) is 6.42 Å². The minimum atomic E-state index is -2.95. The van der Waals surface area contributed by atoms with Gasteiger partial charge in [-0.3, -0.25) is 9.69 Å². The molecule has 0 unspecified atom stereocenters. The first kappa shape index (κ1) is 13.8. The fourth-order valence-corrected chi connectivity index (χ4v) is 4.76.